The number of aromatic amines is 1. The molecule has 0 aromatic heterocycles. The number of nitrogens with one attached hydrogen (secondary N) is 1. The maximum absolute atomic E-state index is 12.2. The topological polar surface area (TPSA) is 67.2 Å². The summed E-state index contributed by atoms with van der Waals surface area (Å²) in [6, 6.07) is 12.2. The number of aromatic carboxylic acids is 1. The molecule has 1 heterocycles. The standard InChI is InChI=1S/C18H11F3N2O3/c19-18(20,21)26-12-6-4-11(5-7-12)23-9-10-8-15-13(16(10)22-23)2-1-3-14(15)17(24)25/h1-9,22H,(H,24,25). The molecule has 0 radical (unpaired) electrons. The van der Waals surface area contributed by atoms with Gasteiger partial charge in [-0.25, -0.2) is 4.79 Å². The summed E-state index contributed by atoms with van der Waals surface area (Å²) in [6.07, 6.45) is -2.98. The summed E-state index contributed by atoms with van der Waals surface area (Å²) >= 11 is 0. The van der Waals surface area contributed by atoms with E-state index >= 15 is 0 Å². The van der Waals surface area contributed by atoms with Crippen LogP contribution in [0.15, 0.2) is 54.7 Å². The summed E-state index contributed by atoms with van der Waals surface area (Å²) in [5.41, 5.74) is 2.37. The molecule has 1 aliphatic heterocycles. The Balaban J connectivity index is 1.73. The number of rotatable bonds is 3. The lowest BCUT2D eigenvalue weighted by Gasteiger charge is -2.09. The van der Waals surface area contributed by atoms with E-state index in [4.69, 9.17) is 0 Å². The van der Waals surface area contributed by atoms with Crippen molar-refractivity contribution < 1.29 is 27.8 Å². The largest absolute Gasteiger partial charge is 0.573 e. The fraction of sp³-hybridized carbons (Fsp3) is 0.0556. The molecule has 0 fully saturated rings. The molecule has 26 heavy (non-hydrogen) atoms. The van der Waals surface area contributed by atoms with Crippen molar-refractivity contribution in [3.05, 3.63) is 60.3 Å². The highest BCUT2D eigenvalue weighted by atomic mass is 19.4. The molecular formula is C18H11F3N2O3. The van der Waals surface area contributed by atoms with Crippen molar-refractivity contribution in [1.82, 2.24) is 9.78 Å². The SMILES string of the molecule is O=C(O)c1cccc2c3[nH]n(-c4ccc(OC(F)(F)F)cc4)cc-3cc12. The van der Waals surface area contributed by atoms with E-state index in [0.717, 1.165) is 16.6 Å². The number of nitrogens with zero attached hydrogens (tertiary/aromatic N) is 1. The Morgan fingerprint density at radius 2 is 1.81 bits per heavy atom. The van der Waals surface area contributed by atoms with Gasteiger partial charge in [0.1, 0.15) is 5.75 Å². The lowest BCUT2D eigenvalue weighted by Crippen LogP contribution is -2.17. The smallest absolute Gasteiger partial charge is 0.478 e. The molecule has 0 amide bonds. The van der Waals surface area contributed by atoms with Crippen LogP contribution in [0.4, 0.5) is 13.2 Å². The van der Waals surface area contributed by atoms with E-state index in [2.05, 4.69) is 9.84 Å². The van der Waals surface area contributed by atoms with E-state index in [1.807, 2.05) is 6.07 Å². The van der Waals surface area contributed by atoms with Crippen LogP contribution < -0.4 is 4.74 Å². The highest BCUT2D eigenvalue weighted by molar-refractivity contribution is 6.10. The lowest BCUT2D eigenvalue weighted by atomic mass is 10.1. The number of ether oxygens (including phenoxy) is 1. The summed E-state index contributed by atoms with van der Waals surface area (Å²) in [4.78, 5) is 11.3. The van der Waals surface area contributed by atoms with Gasteiger partial charge in [-0.1, -0.05) is 12.1 Å². The predicted octanol–water partition coefficient (Wildman–Crippen LogP) is 4.66. The van der Waals surface area contributed by atoms with Gasteiger partial charge in [-0.2, -0.15) is 0 Å². The van der Waals surface area contributed by atoms with Gasteiger partial charge in [0.2, 0.25) is 0 Å². The predicted molar refractivity (Wildman–Crippen MR) is 87.9 cm³/mol. The highest BCUT2D eigenvalue weighted by Gasteiger charge is 2.31. The third kappa shape index (κ3) is 2.75. The zero-order chi connectivity index (χ0) is 18.5. The number of alkyl halides is 3. The van der Waals surface area contributed by atoms with Crippen LogP contribution in [0.3, 0.4) is 0 Å². The molecule has 8 heteroatoms. The Morgan fingerprint density at radius 3 is 2.46 bits per heavy atom. The number of carbonyl (C=O) groups is 1. The lowest BCUT2D eigenvalue weighted by molar-refractivity contribution is -0.274. The van der Waals surface area contributed by atoms with Crippen LogP contribution in [-0.4, -0.2) is 27.2 Å². The molecule has 5 nitrogen and oxygen atoms in total. The summed E-state index contributed by atoms with van der Waals surface area (Å²) in [5, 5.41) is 13.8. The fourth-order valence-corrected chi connectivity index (χ4v) is 2.97. The van der Waals surface area contributed by atoms with Gasteiger partial charge in [-0.3, -0.25) is 9.78 Å². The second-order valence-corrected chi connectivity index (χ2v) is 5.70. The summed E-state index contributed by atoms with van der Waals surface area (Å²) < 4.78 is 42.2. The molecule has 0 atom stereocenters. The molecule has 2 aliphatic rings. The second kappa shape index (κ2) is 5.55. The van der Waals surface area contributed by atoms with Crippen LogP contribution in [0.1, 0.15) is 10.4 Å². The Hall–Kier alpha value is -3.42. The average molecular weight is 360 g/mol. The fourth-order valence-electron chi connectivity index (χ4n) is 2.97. The van der Waals surface area contributed by atoms with Crippen LogP contribution in [0, 0.1) is 0 Å². The maximum atomic E-state index is 12.2. The molecule has 4 rings (SSSR count). The van der Waals surface area contributed by atoms with Gasteiger partial charge in [-0.15, -0.1) is 13.2 Å². The second-order valence-electron chi connectivity index (χ2n) is 5.70. The number of hydrogen-bond donors (Lipinski definition) is 2. The molecule has 2 aromatic rings. The minimum absolute atomic E-state index is 0.215. The van der Waals surface area contributed by atoms with Crippen LogP contribution in [0.5, 0.6) is 5.75 Å². The van der Waals surface area contributed by atoms with Gasteiger partial charge in [0.25, 0.3) is 0 Å². The van der Waals surface area contributed by atoms with Crippen molar-refractivity contribution in [2.45, 2.75) is 6.36 Å². The Kier molecular flexibility index (Phi) is 3.43. The zero-order valence-electron chi connectivity index (χ0n) is 13.0. The molecule has 0 saturated carbocycles. The first-order chi connectivity index (χ1) is 12.3. The van der Waals surface area contributed by atoms with Crippen molar-refractivity contribution in [2.24, 2.45) is 0 Å². The number of benzene rings is 2. The van der Waals surface area contributed by atoms with Gasteiger partial charge in [-0.05, 0) is 41.8 Å². The summed E-state index contributed by atoms with van der Waals surface area (Å²) in [5.74, 6) is -1.31. The third-order valence-corrected chi connectivity index (χ3v) is 4.04. The molecule has 0 unspecified atom stereocenters. The van der Waals surface area contributed by atoms with E-state index in [9.17, 15) is 23.1 Å². The molecule has 0 spiro atoms. The maximum Gasteiger partial charge on any atom is 0.573 e. The van der Waals surface area contributed by atoms with E-state index in [0.29, 0.717) is 11.1 Å². The van der Waals surface area contributed by atoms with Gasteiger partial charge >= 0.3 is 12.3 Å². The summed E-state index contributed by atoms with van der Waals surface area (Å²) in [6.45, 7) is 0. The summed E-state index contributed by atoms with van der Waals surface area (Å²) in [7, 11) is 0. The van der Waals surface area contributed by atoms with E-state index in [1.165, 1.54) is 30.3 Å². The highest BCUT2D eigenvalue weighted by Crippen LogP contribution is 2.35. The van der Waals surface area contributed by atoms with Crippen LogP contribution in [0.25, 0.3) is 27.7 Å². The Morgan fingerprint density at radius 1 is 1.08 bits per heavy atom. The molecule has 2 aromatic carbocycles. The number of hydrogen-bond acceptors (Lipinski definition) is 2. The number of carboxylic acids is 1. The van der Waals surface area contributed by atoms with E-state index in [1.54, 1.807) is 23.0 Å². The quantitative estimate of drug-likeness (QED) is 0.558. The van der Waals surface area contributed by atoms with Crippen molar-refractivity contribution in [3.8, 4) is 22.7 Å². The molecule has 2 N–H and O–H groups in total. The molecule has 132 valence electrons. The Bertz CT molecular complexity index is 1080. The van der Waals surface area contributed by atoms with Crippen LogP contribution >= 0.6 is 0 Å². The van der Waals surface area contributed by atoms with E-state index < -0.39 is 12.3 Å². The van der Waals surface area contributed by atoms with Gasteiger partial charge in [0.05, 0.1) is 16.9 Å². The van der Waals surface area contributed by atoms with Crippen LogP contribution in [0.2, 0.25) is 0 Å². The van der Waals surface area contributed by atoms with Crippen molar-refractivity contribution in [3.63, 3.8) is 0 Å². The van der Waals surface area contributed by atoms with Gasteiger partial charge in [0.15, 0.2) is 0 Å². The number of aromatic nitrogens is 2. The van der Waals surface area contributed by atoms with Crippen molar-refractivity contribution in [1.29, 1.82) is 0 Å². The van der Waals surface area contributed by atoms with Crippen LogP contribution in [-0.2, 0) is 0 Å². The van der Waals surface area contributed by atoms with E-state index in [-0.39, 0.29) is 11.3 Å². The van der Waals surface area contributed by atoms with Crippen molar-refractivity contribution in [2.75, 3.05) is 0 Å². The molecule has 0 saturated heterocycles. The first kappa shape index (κ1) is 16.1. The first-order valence-corrected chi connectivity index (χ1v) is 7.54. The monoisotopic (exact) mass is 360 g/mol. The molecular weight excluding hydrogens is 349 g/mol. The minimum Gasteiger partial charge on any atom is -0.478 e. The van der Waals surface area contributed by atoms with Gasteiger partial charge in [0, 0.05) is 17.1 Å². The zero-order valence-corrected chi connectivity index (χ0v) is 13.0. The average Bonchev–Trinajstić information content (AvgIpc) is 3.11. The van der Waals surface area contributed by atoms with Gasteiger partial charge < -0.3 is 9.84 Å². The number of carboxylic acid groups (broad SMARTS) is 1. The number of H-pyrrole nitrogens is 1. The molecule has 1 aliphatic carbocycles. The minimum atomic E-state index is -4.73. The number of halogens is 3. The first-order valence-electron chi connectivity index (χ1n) is 7.54. The van der Waals surface area contributed by atoms with Crippen molar-refractivity contribution >= 4 is 16.7 Å². The molecule has 0 bridgehead atoms. The normalized spacial score (nSPS) is 12.0. The number of fused-ring (bicyclic) bond motifs is 3. The Labute approximate surface area is 144 Å². The third-order valence-electron chi connectivity index (χ3n) is 4.04.